The average Bonchev–Trinajstić information content (AvgIpc) is 2.58. The summed E-state index contributed by atoms with van der Waals surface area (Å²) >= 11 is 0. The first-order valence-electron chi connectivity index (χ1n) is 5.39. The molecule has 0 spiro atoms. The van der Waals surface area contributed by atoms with Crippen molar-refractivity contribution in [2.45, 2.75) is 25.8 Å². The van der Waals surface area contributed by atoms with Crippen molar-refractivity contribution in [3.63, 3.8) is 0 Å². The number of nitrogens with zero attached hydrogens (tertiary/aromatic N) is 2. The lowest BCUT2D eigenvalue weighted by molar-refractivity contribution is 0.237. The quantitative estimate of drug-likeness (QED) is 0.300. The van der Waals surface area contributed by atoms with Gasteiger partial charge in [0.25, 0.3) is 0 Å². The fourth-order valence-corrected chi connectivity index (χ4v) is 3.74. The van der Waals surface area contributed by atoms with Gasteiger partial charge in [0.05, 0.1) is 18.1 Å². The molecule has 1 fully saturated rings. The predicted octanol–water partition coefficient (Wildman–Crippen LogP) is -0.368. The van der Waals surface area contributed by atoms with Gasteiger partial charge in [-0.2, -0.15) is 0 Å². The second kappa shape index (κ2) is 5.49. The minimum Gasteiger partial charge on any atom is -0.409 e. The summed E-state index contributed by atoms with van der Waals surface area (Å²) in [4.78, 5) is 1.97. The lowest BCUT2D eigenvalue weighted by Crippen LogP contribution is -2.42. The van der Waals surface area contributed by atoms with Crippen molar-refractivity contribution in [3.05, 3.63) is 0 Å². The Bertz CT molecular complexity index is 353. The monoisotopic (exact) mass is 249 g/mol. The summed E-state index contributed by atoms with van der Waals surface area (Å²) < 4.78 is 22.7. The Hall–Kier alpha value is -0.820. The highest BCUT2D eigenvalue weighted by Gasteiger charge is 2.32. The third kappa shape index (κ3) is 3.64. The van der Waals surface area contributed by atoms with E-state index < -0.39 is 9.84 Å². The molecule has 3 N–H and O–H groups in total. The summed E-state index contributed by atoms with van der Waals surface area (Å²) in [6.45, 7) is 3.10. The van der Waals surface area contributed by atoms with Crippen molar-refractivity contribution >= 4 is 15.7 Å². The van der Waals surface area contributed by atoms with Gasteiger partial charge in [-0.05, 0) is 19.4 Å². The Morgan fingerprint density at radius 2 is 2.31 bits per heavy atom. The van der Waals surface area contributed by atoms with Crippen LogP contribution in [0, 0.1) is 0 Å². The zero-order valence-electron chi connectivity index (χ0n) is 9.46. The molecule has 16 heavy (non-hydrogen) atoms. The molecule has 0 radical (unpaired) electrons. The van der Waals surface area contributed by atoms with Crippen molar-refractivity contribution in [2.24, 2.45) is 10.9 Å². The summed E-state index contributed by atoms with van der Waals surface area (Å²) in [5.74, 6) is 0.553. The van der Waals surface area contributed by atoms with E-state index in [9.17, 15) is 8.42 Å². The molecular formula is C9H19N3O3S. The largest absolute Gasteiger partial charge is 0.409 e. The van der Waals surface area contributed by atoms with Gasteiger partial charge in [0, 0.05) is 6.04 Å². The predicted molar refractivity (Wildman–Crippen MR) is 62.3 cm³/mol. The van der Waals surface area contributed by atoms with Crippen LogP contribution in [0.15, 0.2) is 5.16 Å². The Morgan fingerprint density at radius 3 is 2.75 bits per heavy atom. The van der Waals surface area contributed by atoms with E-state index in [4.69, 9.17) is 10.9 Å². The minimum absolute atomic E-state index is 0.00486. The van der Waals surface area contributed by atoms with Gasteiger partial charge in [0.2, 0.25) is 0 Å². The zero-order chi connectivity index (χ0) is 12.2. The van der Waals surface area contributed by atoms with Gasteiger partial charge < -0.3 is 10.9 Å². The molecule has 1 rings (SSSR count). The van der Waals surface area contributed by atoms with E-state index in [-0.39, 0.29) is 23.4 Å². The van der Waals surface area contributed by atoms with Crippen molar-refractivity contribution in [2.75, 3.05) is 24.6 Å². The zero-order valence-corrected chi connectivity index (χ0v) is 10.3. The van der Waals surface area contributed by atoms with Crippen LogP contribution in [0.2, 0.25) is 0 Å². The molecule has 0 amide bonds. The number of hydrogen-bond acceptors (Lipinski definition) is 5. The third-order valence-corrected chi connectivity index (χ3v) is 4.48. The van der Waals surface area contributed by atoms with Crippen molar-refractivity contribution < 1.29 is 13.6 Å². The smallest absolute Gasteiger partial charge is 0.153 e. The van der Waals surface area contributed by atoms with Crippen LogP contribution in [0.4, 0.5) is 0 Å². The SMILES string of the molecule is CCCN(CC(N)=NO)C1CCS(=O)(=O)C1. The number of nitrogens with two attached hydrogens (primary N) is 1. The molecule has 1 heterocycles. The summed E-state index contributed by atoms with van der Waals surface area (Å²) in [5.41, 5.74) is 5.45. The lowest BCUT2D eigenvalue weighted by atomic mass is 10.2. The van der Waals surface area contributed by atoms with E-state index >= 15 is 0 Å². The number of amidine groups is 1. The second-order valence-corrected chi connectivity index (χ2v) is 6.35. The molecule has 7 heteroatoms. The maximum Gasteiger partial charge on any atom is 0.153 e. The molecule has 0 saturated carbocycles. The average molecular weight is 249 g/mol. The molecule has 1 unspecified atom stereocenters. The van der Waals surface area contributed by atoms with Gasteiger partial charge in [-0.3, -0.25) is 4.90 Å². The van der Waals surface area contributed by atoms with E-state index in [2.05, 4.69) is 5.16 Å². The van der Waals surface area contributed by atoms with Crippen LogP contribution in [0.25, 0.3) is 0 Å². The number of rotatable bonds is 5. The molecule has 0 aromatic heterocycles. The first kappa shape index (κ1) is 13.2. The van der Waals surface area contributed by atoms with Crippen molar-refractivity contribution in [1.29, 1.82) is 0 Å². The van der Waals surface area contributed by atoms with Gasteiger partial charge in [-0.1, -0.05) is 12.1 Å². The second-order valence-electron chi connectivity index (χ2n) is 4.12. The number of oxime groups is 1. The standard InChI is InChI=1S/C9H19N3O3S/c1-2-4-12(6-9(10)11-13)8-3-5-16(14,15)7-8/h8,13H,2-7H2,1H3,(H2,10,11). The van der Waals surface area contributed by atoms with Gasteiger partial charge in [0.15, 0.2) is 15.7 Å². The van der Waals surface area contributed by atoms with E-state index in [0.29, 0.717) is 13.0 Å². The fraction of sp³-hybridized carbons (Fsp3) is 0.889. The maximum atomic E-state index is 11.4. The molecule has 0 bridgehead atoms. The van der Waals surface area contributed by atoms with E-state index in [1.165, 1.54) is 0 Å². The molecule has 94 valence electrons. The van der Waals surface area contributed by atoms with Crippen LogP contribution < -0.4 is 5.73 Å². The Balaban J connectivity index is 2.64. The molecule has 1 saturated heterocycles. The third-order valence-electron chi connectivity index (χ3n) is 2.73. The number of sulfone groups is 1. The van der Waals surface area contributed by atoms with Crippen molar-refractivity contribution in [1.82, 2.24) is 4.90 Å². The lowest BCUT2D eigenvalue weighted by Gasteiger charge is -2.26. The molecule has 1 atom stereocenters. The maximum absolute atomic E-state index is 11.4. The Morgan fingerprint density at radius 1 is 1.62 bits per heavy atom. The van der Waals surface area contributed by atoms with E-state index in [1.807, 2.05) is 11.8 Å². The summed E-state index contributed by atoms with van der Waals surface area (Å²) in [6, 6.07) is 0.00486. The van der Waals surface area contributed by atoms with Crippen LogP contribution in [0.5, 0.6) is 0 Å². The Labute approximate surface area is 96.0 Å². The first-order chi connectivity index (χ1) is 7.48. The first-order valence-corrected chi connectivity index (χ1v) is 7.21. The van der Waals surface area contributed by atoms with Crippen LogP contribution >= 0.6 is 0 Å². The summed E-state index contributed by atoms with van der Waals surface area (Å²) in [6.07, 6.45) is 1.55. The van der Waals surface area contributed by atoms with Crippen molar-refractivity contribution in [3.8, 4) is 0 Å². The van der Waals surface area contributed by atoms with E-state index in [0.717, 1.165) is 13.0 Å². The van der Waals surface area contributed by atoms with Gasteiger partial charge >= 0.3 is 0 Å². The molecule has 0 aromatic rings. The fourth-order valence-electron chi connectivity index (χ4n) is 1.98. The topological polar surface area (TPSA) is 96.0 Å². The molecule has 0 aromatic carbocycles. The van der Waals surface area contributed by atoms with Gasteiger partial charge in [0.1, 0.15) is 0 Å². The van der Waals surface area contributed by atoms with Gasteiger partial charge in [-0.15, -0.1) is 0 Å². The van der Waals surface area contributed by atoms with Crippen LogP contribution in [0.1, 0.15) is 19.8 Å². The molecule has 1 aliphatic rings. The molecule has 0 aliphatic carbocycles. The summed E-state index contributed by atoms with van der Waals surface area (Å²) in [7, 11) is -2.89. The minimum atomic E-state index is -2.89. The van der Waals surface area contributed by atoms with Gasteiger partial charge in [-0.25, -0.2) is 8.42 Å². The number of hydrogen-bond donors (Lipinski definition) is 2. The highest BCUT2D eigenvalue weighted by molar-refractivity contribution is 7.91. The highest BCUT2D eigenvalue weighted by Crippen LogP contribution is 2.17. The van der Waals surface area contributed by atoms with Crippen LogP contribution in [-0.2, 0) is 9.84 Å². The normalized spacial score (nSPS) is 25.1. The van der Waals surface area contributed by atoms with Crippen LogP contribution in [0.3, 0.4) is 0 Å². The van der Waals surface area contributed by atoms with E-state index in [1.54, 1.807) is 0 Å². The van der Waals surface area contributed by atoms with Crippen LogP contribution in [-0.4, -0.2) is 55.0 Å². The highest BCUT2D eigenvalue weighted by atomic mass is 32.2. The molecule has 6 nitrogen and oxygen atoms in total. The molecule has 1 aliphatic heterocycles. The summed E-state index contributed by atoms with van der Waals surface area (Å²) in [5, 5.41) is 11.4. The molecular weight excluding hydrogens is 230 g/mol. The Kier molecular flexibility index (Phi) is 4.55.